The summed E-state index contributed by atoms with van der Waals surface area (Å²) in [5.74, 6) is -1.98. The Hall–Kier alpha value is -3.78. The second-order valence-corrected chi connectivity index (χ2v) is 9.79. The SMILES string of the molecule is O=C(O)c1ccccc1C(=O)Nc1ccc(SC(C(=O)Nc2cccc(Cl)c2Cl)c2ccccc2)cc1. The number of halogens is 2. The summed E-state index contributed by atoms with van der Waals surface area (Å²) in [5.41, 5.74) is 1.69. The van der Waals surface area contributed by atoms with Crippen LogP contribution in [0.25, 0.3) is 0 Å². The van der Waals surface area contributed by atoms with Crippen molar-refractivity contribution in [1.82, 2.24) is 0 Å². The lowest BCUT2D eigenvalue weighted by Crippen LogP contribution is -2.19. The number of amides is 2. The molecule has 0 spiro atoms. The summed E-state index contributed by atoms with van der Waals surface area (Å²) in [6.07, 6.45) is 0. The highest BCUT2D eigenvalue weighted by atomic mass is 35.5. The van der Waals surface area contributed by atoms with Crippen LogP contribution in [0.1, 0.15) is 31.5 Å². The average molecular weight is 551 g/mol. The van der Waals surface area contributed by atoms with E-state index in [0.29, 0.717) is 16.4 Å². The number of carbonyl (C=O) groups is 3. The number of hydrogen-bond donors (Lipinski definition) is 3. The molecule has 1 unspecified atom stereocenters. The van der Waals surface area contributed by atoms with Crippen molar-refractivity contribution in [2.45, 2.75) is 10.1 Å². The summed E-state index contributed by atoms with van der Waals surface area (Å²) in [6, 6.07) is 27.3. The molecule has 4 aromatic rings. The van der Waals surface area contributed by atoms with E-state index >= 15 is 0 Å². The first-order valence-corrected chi connectivity index (χ1v) is 12.7. The van der Waals surface area contributed by atoms with Gasteiger partial charge in [-0.2, -0.15) is 0 Å². The molecule has 0 bridgehead atoms. The van der Waals surface area contributed by atoms with Crippen LogP contribution in [0.2, 0.25) is 10.0 Å². The maximum absolute atomic E-state index is 13.3. The zero-order valence-corrected chi connectivity index (χ0v) is 21.5. The number of aromatic carboxylic acids is 1. The van der Waals surface area contributed by atoms with Crippen LogP contribution in [0.3, 0.4) is 0 Å². The minimum Gasteiger partial charge on any atom is -0.478 e. The molecule has 9 heteroatoms. The molecule has 1 atom stereocenters. The normalized spacial score (nSPS) is 11.4. The Kier molecular flexibility index (Phi) is 8.50. The molecule has 0 saturated heterocycles. The summed E-state index contributed by atoms with van der Waals surface area (Å²) < 4.78 is 0. The fourth-order valence-electron chi connectivity index (χ4n) is 3.52. The van der Waals surface area contributed by atoms with Gasteiger partial charge in [0.25, 0.3) is 5.91 Å². The molecule has 186 valence electrons. The molecule has 0 aliphatic carbocycles. The van der Waals surface area contributed by atoms with Gasteiger partial charge in [-0.25, -0.2) is 4.79 Å². The number of rotatable bonds is 8. The summed E-state index contributed by atoms with van der Waals surface area (Å²) >= 11 is 13.7. The maximum Gasteiger partial charge on any atom is 0.336 e. The van der Waals surface area contributed by atoms with Gasteiger partial charge in [-0.15, -0.1) is 11.8 Å². The minimum absolute atomic E-state index is 0.0638. The monoisotopic (exact) mass is 550 g/mol. The molecule has 0 aliphatic rings. The van der Waals surface area contributed by atoms with Crippen LogP contribution < -0.4 is 10.6 Å². The van der Waals surface area contributed by atoms with Crippen molar-refractivity contribution in [3.05, 3.63) is 124 Å². The second kappa shape index (κ2) is 12.0. The lowest BCUT2D eigenvalue weighted by atomic mass is 10.1. The van der Waals surface area contributed by atoms with Gasteiger partial charge in [-0.1, -0.05) is 71.7 Å². The number of carboxylic acids is 1. The number of hydrogen-bond acceptors (Lipinski definition) is 4. The molecule has 0 aliphatic heterocycles. The van der Waals surface area contributed by atoms with Gasteiger partial charge in [0.05, 0.1) is 26.9 Å². The number of anilines is 2. The highest BCUT2D eigenvalue weighted by Crippen LogP contribution is 2.38. The van der Waals surface area contributed by atoms with Gasteiger partial charge in [0.15, 0.2) is 0 Å². The van der Waals surface area contributed by atoms with Gasteiger partial charge in [0.2, 0.25) is 5.91 Å². The summed E-state index contributed by atoms with van der Waals surface area (Å²) in [5, 5.41) is 14.9. The van der Waals surface area contributed by atoms with Gasteiger partial charge in [0, 0.05) is 10.6 Å². The standard InChI is InChI=1S/C28H20Cl2N2O4S/c29-22-11-6-12-23(24(22)30)32-27(34)25(17-7-2-1-3-8-17)37-19-15-13-18(14-16-19)31-26(33)20-9-4-5-10-21(20)28(35)36/h1-16,25H,(H,31,33)(H,32,34)(H,35,36). The van der Waals surface area contributed by atoms with E-state index in [9.17, 15) is 19.5 Å². The van der Waals surface area contributed by atoms with Crippen LogP contribution in [0.4, 0.5) is 11.4 Å². The Morgan fingerprint density at radius 3 is 2.05 bits per heavy atom. The smallest absolute Gasteiger partial charge is 0.336 e. The van der Waals surface area contributed by atoms with Crippen LogP contribution in [0.15, 0.2) is 102 Å². The van der Waals surface area contributed by atoms with Crippen LogP contribution in [-0.4, -0.2) is 22.9 Å². The minimum atomic E-state index is -1.18. The molecule has 4 rings (SSSR count). The molecule has 6 nitrogen and oxygen atoms in total. The molecule has 0 heterocycles. The molecule has 0 saturated carbocycles. The number of carbonyl (C=O) groups excluding carboxylic acids is 2. The van der Waals surface area contributed by atoms with E-state index in [4.69, 9.17) is 23.2 Å². The third-order valence-corrected chi connectivity index (χ3v) is 7.40. The van der Waals surface area contributed by atoms with Gasteiger partial charge in [0.1, 0.15) is 5.25 Å². The zero-order chi connectivity index (χ0) is 26.4. The number of thioether (sulfide) groups is 1. The third kappa shape index (κ3) is 6.51. The predicted octanol–water partition coefficient (Wildman–Crippen LogP) is 7.42. The van der Waals surface area contributed by atoms with Crippen molar-refractivity contribution in [3.8, 4) is 0 Å². The molecule has 37 heavy (non-hydrogen) atoms. The fraction of sp³-hybridized carbons (Fsp3) is 0.0357. The highest BCUT2D eigenvalue weighted by molar-refractivity contribution is 8.00. The van der Waals surface area contributed by atoms with E-state index in [-0.39, 0.29) is 22.1 Å². The van der Waals surface area contributed by atoms with Crippen molar-refractivity contribution in [3.63, 3.8) is 0 Å². The molecule has 3 N–H and O–H groups in total. The quantitative estimate of drug-likeness (QED) is 0.198. The van der Waals surface area contributed by atoms with E-state index in [1.54, 1.807) is 54.6 Å². The van der Waals surface area contributed by atoms with Crippen molar-refractivity contribution >= 4 is 64.1 Å². The first-order chi connectivity index (χ1) is 17.8. The maximum atomic E-state index is 13.3. The highest BCUT2D eigenvalue weighted by Gasteiger charge is 2.23. The first kappa shape index (κ1) is 26.3. The number of carboxylic acid groups (broad SMARTS) is 1. The summed E-state index contributed by atoms with van der Waals surface area (Å²) in [4.78, 5) is 38.1. The number of nitrogens with one attached hydrogen (secondary N) is 2. The van der Waals surface area contributed by atoms with Crippen LogP contribution >= 0.6 is 35.0 Å². The van der Waals surface area contributed by atoms with Crippen LogP contribution in [-0.2, 0) is 4.79 Å². The fourth-order valence-corrected chi connectivity index (χ4v) is 4.89. The van der Waals surface area contributed by atoms with Crippen LogP contribution in [0.5, 0.6) is 0 Å². The summed E-state index contributed by atoms with van der Waals surface area (Å²) in [6.45, 7) is 0. The number of benzene rings is 4. The van der Waals surface area contributed by atoms with Crippen molar-refractivity contribution in [2.24, 2.45) is 0 Å². The molecule has 0 aromatic heterocycles. The molecule has 2 amide bonds. The van der Waals surface area contributed by atoms with E-state index in [0.717, 1.165) is 10.5 Å². The van der Waals surface area contributed by atoms with Gasteiger partial charge < -0.3 is 15.7 Å². The van der Waals surface area contributed by atoms with E-state index in [1.807, 2.05) is 30.3 Å². The Labute approximate surface area is 227 Å². The Balaban J connectivity index is 1.52. The second-order valence-electron chi connectivity index (χ2n) is 7.83. The van der Waals surface area contributed by atoms with E-state index in [2.05, 4.69) is 10.6 Å². The van der Waals surface area contributed by atoms with Gasteiger partial charge in [-0.3, -0.25) is 9.59 Å². The lowest BCUT2D eigenvalue weighted by Gasteiger charge is -2.18. The zero-order valence-electron chi connectivity index (χ0n) is 19.2. The van der Waals surface area contributed by atoms with Crippen molar-refractivity contribution in [1.29, 1.82) is 0 Å². The van der Waals surface area contributed by atoms with Gasteiger partial charge >= 0.3 is 5.97 Å². The molecule has 0 fully saturated rings. The van der Waals surface area contributed by atoms with Crippen LogP contribution in [0, 0.1) is 0 Å². The van der Waals surface area contributed by atoms with Crippen molar-refractivity contribution < 1.29 is 19.5 Å². The Bertz CT molecular complexity index is 1450. The van der Waals surface area contributed by atoms with E-state index in [1.165, 1.54) is 23.9 Å². The Morgan fingerprint density at radius 1 is 0.730 bits per heavy atom. The molecular formula is C28H20Cl2N2O4S. The average Bonchev–Trinajstić information content (AvgIpc) is 2.91. The topological polar surface area (TPSA) is 95.5 Å². The third-order valence-electron chi connectivity index (χ3n) is 5.32. The summed E-state index contributed by atoms with van der Waals surface area (Å²) in [7, 11) is 0. The predicted molar refractivity (Wildman–Crippen MR) is 148 cm³/mol. The Morgan fingerprint density at radius 2 is 1.38 bits per heavy atom. The molecule has 0 radical (unpaired) electrons. The largest absolute Gasteiger partial charge is 0.478 e. The lowest BCUT2D eigenvalue weighted by molar-refractivity contribution is -0.115. The first-order valence-electron chi connectivity index (χ1n) is 11.0. The van der Waals surface area contributed by atoms with Crippen molar-refractivity contribution in [2.75, 3.05) is 10.6 Å². The molecular weight excluding hydrogens is 531 g/mol. The molecule has 4 aromatic carbocycles. The van der Waals surface area contributed by atoms with Gasteiger partial charge in [-0.05, 0) is 54.1 Å². The van der Waals surface area contributed by atoms with E-state index < -0.39 is 17.1 Å².